The number of aryl methyl sites for hydroxylation is 1. The Morgan fingerprint density at radius 1 is 1.56 bits per heavy atom. The molecule has 0 bridgehead atoms. The molecule has 1 aromatic heterocycles. The molecule has 0 radical (unpaired) electrons. The minimum absolute atomic E-state index is 0. The van der Waals surface area contributed by atoms with Crippen molar-refractivity contribution in [3.63, 3.8) is 0 Å². The van der Waals surface area contributed by atoms with Crippen LogP contribution in [0.1, 0.15) is 30.4 Å². The van der Waals surface area contributed by atoms with Crippen molar-refractivity contribution < 1.29 is 4.79 Å². The summed E-state index contributed by atoms with van der Waals surface area (Å²) in [6.45, 7) is 3.55. The number of halogens is 1. The second kappa shape index (κ2) is 7.34. The number of aromatic nitrogens is 1. The van der Waals surface area contributed by atoms with Crippen molar-refractivity contribution in [3.8, 4) is 0 Å². The molecule has 5 heteroatoms. The molecule has 2 heterocycles. The number of nitrogens with one attached hydrogen (secondary N) is 2. The van der Waals surface area contributed by atoms with Crippen LogP contribution in [0.25, 0.3) is 0 Å². The van der Waals surface area contributed by atoms with E-state index in [-0.39, 0.29) is 24.4 Å². The number of piperidine rings is 1. The molecule has 1 saturated heterocycles. The van der Waals surface area contributed by atoms with Crippen LogP contribution in [0, 0.1) is 6.92 Å². The van der Waals surface area contributed by atoms with E-state index in [1.807, 2.05) is 19.2 Å². The van der Waals surface area contributed by atoms with Gasteiger partial charge in [-0.15, -0.1) is 12.4 Å². The predicted molar refractivity (Wildman–Crippen MR) is 73.7 cm³/mol. The summed E-state index contributed by atoms with van der Waals surface area (Å²) < 4.78 is 0. The average Bonchev–Trinajstić information content (AvgIpc) is 2.38. The fourth-order valence-electron chi connectivity index (χ4n) is 2.08. The monoisotopic (exact) mass is 269 g/mol. The zero-order valence-electron chi connectivity index (χ0n) is 10.6. The van der Waals surface area contributed by atoms with E-state index in [0.717, 1.165) is 30.5 Å². The first-order valence-corrected chi connectivity index (χ1v) is 6.18. The Labute approximate surface area is 114 Å². The molecule has 0 spiro atoms. The van der Waals surface area contributed by atoms with Crippen molar-refractivity contribution in [2.45, 2.75) is 38.8 Å². The molecular weight excluding hydrogens is 250 g/mol. The maximum Gasteiger partial charge on any atom is 0.237 e. The number of amides is 1. The third kappa shape index (κ3) is 3.96. The van der Waals surface area contributed by atoms with E-state index in [1.165, 1.54) is 6.42 Å². The van der Waals surface area contributed by atoms with Crippen molar-refractivity contribution in [3.05, 3.63) is 29.6 Å². The van der Waals surface area contributed by atoms with Gasteiger partial charge < -0.3 is 10.6 Å². The summed E-state index contributed by atoms with van der Waals surface area (Å²) in [5.41, 5.74) is 2.24. The number of rotatable bonds is 3. The van der Waals surface area contributed by atoms with E-state index in [0.29, 0.717) is 6.54 Å². The molecule has 18 heavy (non-hydrogen) atoms. The lowest BCUT2D eigenvalue weighted by Crippen LogP contribution is -2.46. The van der Waals surface area contributed by atoms with E-state index in [2.05, 4.69) is 15.6 Å². The summed E-state index contributed by atoms with van der Waals surface area (Å²) in [5, 5.41) is 6.23. The smallest absolute Gasteiger partial charge is 0.237 e. The van der Waals surface area contributed by atoms with Crippen LogP contribution in [0.4, 0.5) is 0 Å². The van der Waals surface area contributed by atoms with Gasteiger partial charge >= 0.3 is 0 Å². The Bertz CT molecular complexity index is 392. The van der Waals surface area contributed by atoms with Gasteiger partial charge in [-0.1, -0.05) is 6.42 Å². The maximum atomic E-state index is 11.9. The highest BCUT2D eigenvalue weighted by atomic mass is 35.5. The molecule has 1 atom stereocenters. The Balaban J connectivity index is 0.00000162. The first-order chi connectivity index (χ1) is 8.27. The average molecular weight is 270 g/mol. The van der Waals surface area contributed by atoms with Gasteiger partial charge in [0, 0.05) is 18.9 Å². The van der Waals surface area contributed by atoms with Crippen molar-refractivity contribution in [1.82, 2.24) is 15.6 Å². The van der Waals surface area contributed by atoms with Crippen LogP contribution in [-0.4, -0.2) is 23.5 Å². The van der Waals surface area contributed by atoms with Crippen LogP contribution in [0.3, 0.4) is 0 Å². The molecule has 4 nitrogen and oxygen atoms in total. The molecule has 1 aliphatic rings. The summed E-state index contributed by atoms with van der Waals surface area (Å²) in [6, 6.07) is 1.94. The lowest BCUT2D eigenvalue weighted by molar-refractivity contribution is -0.123. The van der Waals surface area contributed by atoms with Gasteiger partial charge in [0.15, 0.2) is 0 Å². The standard InChI is InChI=1S/C13H19N3O.ClH/c1-10-8-14-7-5-11(10)9-16-13(17)12-4-2-3-6-15-12;/h5,7-8,12,15H,2-4,6,9H2,1H3,(H,16,17);1H. The summed E-state index contributed by atoms with van der Waals surface area (Å²) in [7, 11) is 0. The van der Waals surface area contributed by atoms with Gasteiger partial charge in [-0.3, -0.25) is 9.78 Å². The Morgan fingerprint density at radius 3 is 3.06 bits per heavy atom. The van der Waals surface area contributed by atoms with Crippen LogP contribution < -0.4 is 10.6 Å². The van der Waals surface area contributed by atoms with Gasteiger partial charge in [-0.2, -0.15) is 0 Å². The van der Waals surface area contributed by atoms with Crippen LogP contribution in [-0.2, 0) is 11.3 Å². The molecule has 1 aliphatic heterocycles. The highest BCUT2D eigenvalue weighted by Crippen LogP contribution is 2.08. The van der Waals surface area contributed by atoms with Crippen molar-refractivity contribution >= 4 is 18.3 Å². The molecule has 1 unspecified atom stereocenters. The molecule has 0 aromatic carbocycles. The lowest BCUT2D eigenvalue weighted by atomic mass is 10.0. The summed E-state index contributed by atoms with van der Waals surface area (Å²) in [4.78, 5) is 15.9. The van der Waals surface area contributed by atoms with Gasteiger partial charge in [0.1, 0.15) is 0 Å². The van der Waals surface area contributed by atoms with Gasteiger partial charge in [-0.25, -0.2) is 0 Å². The second-order valence-corrected chi connectivity index (χ2v) is 4.52. The number of carbonyl (C=O) groups excluding carboxylic acids is 1. The minimum Gasteiger partial charge on any atom is -0.351 e. The summed E-state index contributed by atoms with van der Waals surface area (Å²) in [5.74, 6) is 0.112. The zero-order chi connectivity index (χ0) is 12.1. The fraction of sp³-hybridized carbons (Fsp3) is 0.538. The number of pyridine rings is 1. The third-order valence-corrected chi connectivity index (χ3v) is 3.22. The molecule has 2 rings (SSSR count). The third-order valence-electron chi connectivity index (χ3n) is 3.22. The first kappa shape index (κ1) is 14.9. The van der Waals surface area contributed by atoms with Gasteiger partial charge in [0.2, 0.25) is 5.91 Å². The van der Waals surface area contributed by atoms with E-state index < -0.39 is 0 Å². The molecule has 1 fully saturated rings. The molecule has 2 N–H and O–H groups in total. The topological polar surface area (TPSA) is 54.0 Å². The van der Waals surface area contributed by atoms with E-state index >= 15 is 0 Å². The highest BCUT2D eigenvalue weighted by molar-refractivity contribution is 5.85. The van der Waals surface area contributed by atoms with Gasteiger partial charge in [0.05, 0.1) is 6.04 Å². The second-order valence-electron chi connectivity index (χ2n) is 4.52. The fourth-order valence-corrected chi connectivity index (χ4v) is 2.08. The molecule has 100 valence electrons. The van der Waals surface area contributed by atoms with E-state index in [4.69, 9.17) is 0 Å². The zero-order valence-corrected chi connectivity index (χ0v) is 11.4. The first-order valence-electron chi connectivity index (χ1n) is 6.18. The van der Waals surface area contributed by atoms with Crippen LogP contribution in [0.15, 0.2) is 18.5 Å². The SMILES string of the molecule is Cc1cnccc1CNC(=O)C1CCCCN1.Cl. The van der Waals surface area contributed by atoms with E-state index in [1.54, 1.807) is 6.20 Å². The summed E-state index contributed by atoms with van der Waals surface area (Å²) in [6.07, 6.45) is 6.83. The van der Waals surface area contributed by atoms with Crippen molar-refractivity contribution in [2.24, 2.45) is 0 Å². The minimum atomic E-state index is -0.00843. The largest absolute Gasteiger partial charge is 0.351 e. The number of hydrogen-bond donors (Lipinski definition) is 2. The predicted octanol–water partition coefficient (Wildman–Crippen LogP) is 1.57. The molecule has 1 aromatic rings. The van der Waals surface area contributed by atoms with Crippen LogP contribution >= 0.6 is 12.4 Å². The van der Waals surface area contributed by atoms with Gasteiger partial charge in [-0.05, 0) is 43.5 Å². The number of nitrogens with zero attached hydrogens (tertiary/aromatic N) is 1. The Hall–Kier alpha value is -1.13. The Morgan fingerprint density at radius 2 is 2.39 bits per heavy atom. The number of hydrogen-bond acceptors (Lipinski definition) is 3. The molecule has 0 aliphatic carbocycles. The lowest BCUT2D eigenvalue weighted by Gasteiger charge is -2.22. The maximum absolute atomic E-state index is 11.9. The number of carbonyl (C=O) groups is 1. The Kier molecular flexibility index (Phi) is 6.09. The summed E-state index contributed by atoms with van der Waals surface area (Å²) >= 11 is 0. The molecule has 0 saturated carbocycles. The van der Waals surface area contributed by atoms with Crippen molar-refractivity contribution in [2.75, 3.05) is 6.54 Å². The quantitative estimate of drug-likeness (QED) is 0.876. The highest BCUT2D eigenvalue weighted by Gasteiger charge is 2.19. The van der Waals surface area contributed by atoms with E-state index in [9.17, 15) is 4.79 Å². The van der Waals surface area contributed by atoms with Crippen LogP contribution in [0.2, 0.25) is 0 Å². The van der Waals surface area contributed by atoms with Crippen LogP contribution in [0.5, 0.6) is 0 Å². The van der Waals surface area contributed by atoms with Crippen molar-refractivity contribution in [1.29, 1.82) is 0 Å². The molecule has 1 amide bonds. The normalized spacial score (nSPS) is 18.8. The molecular formula is C13H20ClN3O. The van der Waals surface area contributed by atoms with Gasteiger partial charge in [0.25, 0.3) is 0 Å².